The average molecular weight is 264 g/mol. The van der Waals surface area contributed by atoms with E-state index in [1.165, 1.54) is 0 Å². The lowest BCUT2D eigenvalue weighted by molar-refractivity contribution is -0.116. The van der Waals surface area contributed by atoms with Crippen molar-refractivity contribution in [3.8, 4) is 0 Å². The fourth-order valence-electron chi connectivity index (χ4n) is 1.68. The summed E-state index contributed by atoms with van der Waals surface area (Å²) in [6, 6.07) is 8.96. The fraction of sp³-hybridized carbons (Fsp3) is 0.231. The second kappa shape index (κ2) is 5.69. The van der Waals surface area contributed by atoms with Gasteiger partial charge in [0, 0.05) is 29.5 Å². The van der Waals surface area contributed by atoms with E-state index in [2.05, 4.69) is 10.4 Å². The third-order valence-electron chi connectivity index (χ3n) is 2.57. The van der Waals surface area contributed by atoms with Crippen LogP contribution in [0.3, 0.4) is 0 Å². The molecule has 0 spiro atoms. The summed E-state index contributed by atoms with van der Waals surface area (Å²) in [5.74, 6) is -0.0553. The van der Waals surface area contributed by atoms with Crippen molar-refractivity contribution < 1.29 is 4.79 Å². The van der Waals surface area contributed by atoms with Gasteiger partial charge in [0.05, 0.1) is 6.04 Å². The second-order valence-corrected chi connectivity index (χ2v) is 4.53. The minimum absolute atomic E-state index is 0.0270. The molecule has 1 aromatic carbocycles. The van der Waals surface area contributed by atoms with Crippen LogP contribution in [0.25, 0.3) is 0 Å². The summed E-state index contributed by atoms with van der Waals surface area (Å²) in [4.78, 5) is 11.8. The molecule has 1 unspecified atom stereocenters. The van der Waals surface area contributed by atoms with Gasteiger partial charge in [0.15, 0.2) is 0 Å². The number of benzene rings is 1. The Morgan fingerprint density at radius 1 is 1.50 bits per heavy atom. The Labute approximate surface area is 111 Å². The number of anilines is 1. The zero-order chi connectivity index (χ0) is 13.0. The van der Waals surface area contributed by atoms with E-state index in [-0.39, 0.29) is 11.9 Å². The quantitative estimate of drug-likeness (QED) is 0.921. The van der Waals surface area contributed by atoms with Gasteiger partial charge in [-0.3, -0.25) is 9.48 Å². The summed E-state index contributed by atoms with van der Waals surface area (Å²) in [6.45, 7) is 1.95. The molecule has 0 saturated heterocycles. The van der Waals surface area contributed by atoms with Gasteiger partial charge in [-0.2, -0.15) is 5.10 Å². The van der Waals surface area contributed by atoms with Crippen molar-refractivity contribution in [2.75, 3.05) is 5.32 Å². The SMILES string of the molecule is CC(CC(=O)Nc1cccc(Cl)c1)n1cccn1. The first kappa shape index (κ1) is 12.6. The number of nitrogens with one attached hydrogen (secondary N) is 1. The van der Waals surface area contributed by atoms with Crippen LogP contribution in [0.5, 0.6) is 0 Å². The number of nitrogens with zero attached hydrogens (tertiary/aromatic N) is 2. The summed E-state index contributed by atoms with van der Waals surface area (Å²) < 4.78 is 1.76. The molecule has 1 N–H and O–H groups in total. The molecule has 1 heterocycles. The van der Waals surface area contributed by atoms with Crippen LogP contribution in [0.4, 0.5) is 5.69 Å². The third-order valence-corrected chi connectivity index (χ3v) is 2.80. The van der Waals surface area contributed by atoms with Crippen molar-refractivity contribution in [2.24, 2.45) is 0 Å². The van der Waals surface area contributed by atoms with E-state index >= 15 is 0 Å². The Kier molecular flexibility index (Phi) is 3.99. The molecule has 0 fully saturated rings. The molecule has 18 heavy (non-hydrogen) atoms. The molecule has 1 amide bonds. The highest BCUT2D eigenvalue weighted by molar-refractivity contribution is 6.30. The van der Waals surface area contributed by atoms with Crippen molar-refractivity contribution in [1.29, 1.82) is 0 Å². The first-order valence-electron chi connectivity index (χ1n) is 5.69. The first-order valence-corrected chi connectivity index (χ1v) is 6.07. The second-order valence-electron chi connectivity index (χ2n) is 4.10. The number of halogens is 1. The summed E-state index contributed by atoms with van der Waals surface area (Å²) in [6.07, 6.45) is 3.91. The van der Waals surface area contributed by atoms with E-state index in [1.807, 2.05) is 25.3 Å². The van der Waals surface area contributed by atoms with Crippen LogP contribution in [0.1, 0.15) is 19.4 Å². The van der Waals surface area contributed by atoms with Gasteiger partial charge in [-0.15, -0.1) is 0 Å². The Balaban J connectivity index is 1.93. The molecule has 0 bridgehead atoms. The number of carbonyl (C=O) groups is 1. The number of carbonyl (C=O) groups excluding carboxylic acids is 1. The zero-order valence-corrected chi connectivity index (χ0v) is 10.8. The molecule has 94 valence electrons. The van der Waals surface area contributed by atoms with Crippen LogP contribution in [-0.4, -0.2) is 15.7 Å². The van der Waals surface area contributed by atoms with Gasteiger partial charge >= 0.3 is 0 Å². The summed E-state index contributed by atoms with van der Waals surface area (Å²) in [5.41, 5.74) is 0.708. The van der Waals surface area contributed by atoms with E-state index < -0.39 is 0 Å². The fourth-order valence-corrected chi connectivity index (χ4v) is 1.87. The highest BCUT2D eigenvalue weighted by Crippen LogP contribution is 2.16. The average Bonchev–Trinajstić information content (AvgIpc) is 2.81. The van der Waals surface area contributed by atoms with Gasteiger partial charge in [0.25, 0.3) is 0 Å². The molecule has 0 aliphatic carbocycles. The molecule has 0 radical (unpaired) electrons. The maximum absolute atomic E-state index is 11.8. The van der Waals surface area contributed by atoms with Crippen LogP contribution < -0.4 is 5.32 Å². The normalized spacial score (nSPS) is 12.1. The largest absolute Gasteiger partial charge is 0.326 e. The van der Waals surface area contributed by atoms with Crippen molar-refractivity contribution >= 4 is 23.2 Å². The van der Waals surface area contributed by atoms with E-state index in [1.54, 1.807) is 29.1 Å². The number of amides is 1. The van der Waals surface area contributed by atoms with Crippen molar-refractivity contribution in [2.45, 2.75) is 19.4 Å². The zero-order valence-electron chi connectivity index (χ0n) is 10.0. The van der Waals surface area contributed by atoms with Crippen LogP contribution in [-0.2, 0) is 4.79 Å². The summed E-state index contributed by atoms with van der Waals surface area (Å²) in [5, 5.41) is 7.52. The molecule has 2 aromatic rings. The van der Waals surface area contributed by atoms with E-state index in [0.717, 1.165) is 0 Å². The van der Waals surface area contributed by atoms with Gasteiger partial charge in [0.1, 0.15) is 0 Å². The van der Waals surface area contributed by atoms with Crippen molar-refractivity contribution in [3.63, 3.8) is 0 Å². The van der Waals surface area contributed by atoms with Gasteiger partial charge < -0.3 is 5.32 Å². The van der Waals surface area contributed by atoms with Gasteiger partial charge in [-0.25, -0.2) is 0 Å². The third kappa shape index (κ3) is 3.34. The number of rotatable bonds is 4. The first-order chi connectivity index (χ1) is 8.65. The Hall–Kier alpha value is -1.81. The number of hydrogen-bond donors (Lipinski definition) is 1. The monoisotopic (exact) mass is 263 g/mol. The van der Waals surface area contributed by atoms with Crippen LogP contribution >= 0.6 is 11.6 Å². The smallest absolute Gasteiger partial charge is 0.226 e. The van der Waals surface area contributed by atoms with Crippen molar-refractivity contribution in [3.05, 3.63) is 47.7 Å². The highest BCUT2D eigenvalue weighted by atomic mass is 35.5. The topological polar surface area (TPSA) is 46.9 Å². The molecule has 2 rings (SSSR count). The lowest BCUT2D eigenvalue weighted by atomic mass is 10.2. The molecular weight excluding hydrogens is 250 g/mol. The molecule has 0 aliphatic heterocycles. The minimum atomic E-state index is -0.0553. The Morgan fingerprint density at radius 3 is 3.00 bits per heavy atom. The van der Waals surface area contributed by atoms with E-state index in [9.17, 15) is 4.79 Å². The van der Waals surface area contributed by atoms with Gasteiger partial charge in [0.2, 0.25) is 5.91 Å². The predicted molar refractivity (Wildman–Crippen MR) is 71.6 cm³/mol. The highest BCUT2D eigenvalue weighted by Gasteiger charge is 2.11. The Morgan fingerprint density at radius 2 is 2.33 bits per heavy atom. The molecule has 4 nitrogen and oxygen atoms in total. The van der Waals surface area contributed by atoms with Crippen molar-refractivity contribution in [1.82, 2.24) is 9.78 Å². The van der Waals surface area contributed by atoms with Gasteiger partial charge in [-0.1, -0.05) is 17.7 Å². The number of hydrogen-bond acceptors (Lipinski definition) is 2. The molecule has 0 saturated carbocycles. The van der Waals surface area contributed by atoms with E-state index in [4.69, 9.17) is 11.6 Å². The minimum Gasteiger partial charge on any atom is -0.326 e. The summed E-state index contributed by atoms with van der Waals surface area (Å²) in [7, 11) is 0. The standard InChI is InChI=1S/C13H14ClN3O/c1-10(17-7-3-6-15-17)8-13(18)16-12-5-2-4-11(14)9-12/h2-7,9-10H,8H2,1H3,(H,16,18). The number of aromatic nitrogens is 2. The lowest BCUT2D eigenvalue weighted by Crippen LogP contribution is -2.17. The molecular formula is C13H14ClN3O. The maximum Gasteiger partial charge on any atom is 0.226 e. The molecule has 0 aliphatic rings. The van der Waals surface area contributed by atoms with Crippen LogP contribution in [0, 0.1) is 0 Å². The lowest BCUT2D eigenvalue weighted by Gasteiger charge is -2.12. The Bertz CT molecular complexity index is 525. The molecule has 1 atom stereocenters. The van der Waals surface area contributed by atoms with Gasteiger partial charge in [-0.05, 0) is 31.2 Å². The van der Waals surface area contributed by atoms with E-state index in [0.29, 0.717) is 17.1 Å². The molecule has 1 aromatic heterocycles. The maximum atomic E-state index is 11.8. The molecule has 5 heteroatoms. The summed E-state index contributed by atoms with van der Waals surface area (Å²) >= 11 is 5.85. The van der Waals surface area contributed by atoms with Crippen LogP contribution in [0.15, 0.2) is 42.7 Å². The van der Waals surface area contributed by atoms with Crippen LogP contribution in [0.2, 0.25) is 5.02 Å². The predicted octanol–water partition coefficient (Wildman–Crippen LogP) is 3.13.